The Labute approximate surface area is 131 Å². The van der Waals surface area contributed by atoms with Gasteiger partial charge in [-0.15, -0.1) is 0 Å². The minimum Gasteiger partial charge on any atom is -0.352 e. The number of carbonyl (C=O) groups is 1. The van der Waals surface area contributed by atoms with Gasteiger partial charge < -0.3 is 5.32 Å². The molecule has 1 N–H and O–H groups in total. The molecule has 0 saturated carbocycles. The zero-order valence-corrected chi connectivity index (χ0v) is 14.3. The quantitative estimate of drug-likeness (QED) is 0.869. The predicted molar refractivity (Wildman–Crippen MR) is 86.3 cm³/mol. The van der Waals surface area contributed by atoms with Gasteiger partial charge in [0.15, 0.2) is 0 Å². The van der Waals surface area contributed by atoms with Crippen molar-refractivity contribution in [2.45, 2.75) is 33.2 Å². The van der Waals surface area contributed by atoms with Crippen molar-refractivity contribution in [2.24, 2.45) is 0 Å². The van der Waals surface area contributed by atoms with Crippen molar-refractivity contribution >= 4 is 33.2 Å². The lowest BCUT2D eigenvalue weighted by Crippen LogP contribution is -2.43. The number of sulfonamides is 1. The van der Waals surface area contributed by atoms with Crippen LogP contribution >= 0.6 is 11.6 Å². The summed E-state index contributed by atoms with van der Waals surface area (Å²) in [5, 5.41) is 3.21. The van der Waals surface area contributed by atoms with Crippen molar-refractivity contribution in [1.29, 1.82) is 0 Å². The normalized spacial score (nSPS) is 12.8. The Morgan fingerprint density at radius 1 is 1.43 bits per heavy atom. The summed E-state index contributed by atoms with van der Waals surface area (Å²) in [7, 11) is -3.57. The highest BCUT2D eigenvalue weighted by molar-refractivity contribution is 7.92. The predicted octanol–water partition coefficient (Wildman–Crippen LogP) is 2.33. The summed E-state index contributed by atoms with van der Waals surface area (Å²) in [6.45, 7) is 5.37. The molecule has 0 aromatic heterocycles. The van der Waals surface area contributed by atoms with Gasteiger partial charge in [0.25, 0.3) is 0 Å². The van der Waals surface area contributed by atoms with Crippen molar-refractivity contribution < 1.29 is 13.2 Å². The topological polar surface area (TPSA) is 66.5 Å². The third-order valence-electron chi connectivity index (χ3n) is 3.15. The van der Waals surface area contributed by atoms with Crippen LogP contribution in [0.3, 0.4) is 0 Å². The second-order valence-electron chi connectivity index (χ2n) is 5.08. The summed E-state index contributed by atoms with van der Waals surface area (Å²) in [5.74, 6) is -0.341. The highest BCUT2D eigenvalue weighted by Gasteiger charge is 2.21. The zero-order valence-electron chi connectivity index (χ0n) is 12.7. The average molecular weight is 333 g/mol. The van der Waals surface area contributed by atoms with E-state index < -0.39 is 10.0 Å². The zero-order chi connectivity index (χ0) is 16.2. The first-order valence-electron chi connectivity index (χ1n) is 6.68. The molecule has 21 heavy (non-hydrogen) atoms. The molecule has 0 aliphatic heterocycles. The molecule has 5 nitrogen and oxygen atoms in total. The smallest absolute Gasteiger partial charge is 0.240 e. The van der Waals surface area contributed by atoms with Crippen LogP contribution in [0.1, 0.15) is 25.8 Å². The number of hydrogen-bond donors (Lipinski definition) is 1. The number of benzene rings is 1. The Hall–Kier alpha value is -1.27. The van der Waals surface area contributed by atoms with Crippen LogP contribution in [0.15, 0.2) is 18.2 Å². The summed E-state index contributed by atoms with van der Waals surface area (Å²) in [4.78, 5) is 11.9. The van der Waals surface area contributed by atoms with Crippen LogP contribution in [0.2, 0.25) is 5.02 Å². The average Bonchev–Trinajstić information content (AvgIpc) is 2.38. The van der Waals surface area contributed by atoms with Crippen LogP contribution < -0.4 is 9.62 Å². The second kappa shape index (κ2) is 7.13. The summed E-state index contributed by atoms with van der Waals surface area (Å²) < 4.78 is 24.9. The summed E-state index contributed by atoms with van der Waals surface area (Å²) in [6, 6.07) is 4.91. The first-order chi connectivity index (χ1) is 9.65. The number of amides is 1. The Balaban J connectivity index is 3.02. The van der Waals surface area contributed by atoms with Gasteiger partial charge in [-0.2, -0.15) is 0 Å². The van der Waals surface area contributed by atoms with Gasteiger partial charge in [-0.05, 0) is 38.0 Å². The molecule has 0 aliphatic carbocycles. The molecule has 0 fully saturated rings. The van der Waals surface area contributed by atoms with Gasteiger partial charge in [0, 0.05) is 11.1 Å². The lowest BCUT2D eigenvalue weighted by molar-refractivity contribution is -0.120. The highest BCUT2D eigenvalue weighted by atomic mass is 35.5. The minimum absolute atomic E-state index is 0.000478. The van der Waals surface area contributed by atoms with Crippen LogP contribution in [-0.2, 0) is 14.8 Å². The molecule has 0 heterocycles. The van der Waals surface area contributed by atoms with E-state index in [0.717, 1.165) is 22.5 Å². The Morgan fingerprint density at radius 2 is 2.05 bits per heavy atom. The molecule has 0 spiro atoms. The molecule has 0 aliphatic rings. The van der Waals surface area contributed by atoms with Crippen molar-refractivity contribution in [3.8, 4) is 0 Å². The van der Waals surface area contributed by atoms with E-state index >= 15 is 0 Å². The van der Waals surface area contributed by atoms with E-state index in [1.165, 1.54) is 0 Å². The molecule has 0 saturated heterocycles. The van der Waals surface area contributed by atoms with E-state index in [1.807, 2.05) is 20.8 Å². The van der Waals surface area contributed by atoms with Gasteiger partial charge in [-0.3, -0.25) is 9.10 Å². The number of hydrogen-bond acceptors (Lipinski definition) is 3. The molecule has 7 heteroatoms. The number of anilines is 1. The SMILES string of the molecule is CCC(C)NC(=O)CN(c1ccc(C)c(Cl)c1)S(C)(=O)=O. The van der Waals surface area contributed by atoms with E-state index in [1.54, 1.807) is 18.2 Å². The number of aryl methyl sites for hydroxylation is 1. The molecule has 1 aromatic carbocycles. The Kier molecular flexibility index (Phi) is 6.04. The monoisotopic (exact) mass is 332 g/mol. The van der Waals surface area contributed by atoms with Crippen LogP contribution in [-0.4, -0.2) is 33.2 Å². The maximum atomic E-state index is 11.9. The second-order valence-corrected chi connectivity index (χ2v) is 7.39. The van der Waals surface area contributed by atoms with Crippen molar-refractivity contribution in [1.82, 2.24) is 5.32 Å². The molecule has 0 bridgehead atoms. The van der Waals surface area contributed by atoms with Crippen LogP contribution in [0.25, 0.3) is 0 Å². The first kappa shape index (κ1) is 17.8. The minimum atomic E-state index is -3.57. The highest BCUT2D eigenvalue weighted by Crippen LogP contribution is 2.24. The van der Waals surface area contributed by atoms with Gasteiger partial charge in [0.2, 0.25) is 15.9 Å². The fourth-order valence-electron chi connectivity index (χ4n) is 1.69. The van der Waals surface area contributed by atoms with Gasteiger partial charge in [0.1, 0.15) is 6.54 Å². The number of nitrogens with zero attached hydrogens (tertiary/aromatic N) is 1. The van der Waals surface area contributed by atoms with Gasteiger partial charge >= 0.3 is 0 Å². The molecule has 1 rings (SSSR count). The molecule has 1 unspecified atom stereocenters. The molecule has 118 valence electrons. The number of nitrogens with one attached hydrogen (secondary N) is 1. The van der Waals surface area contributed by atoms with Crippen LogP contribution in [0.5, 0.6) is 0 Å². The largest absolute Gasteiger partial charge is 0.352 e. The number of rotatable bonds is 6. The first-order valence-corrected chi connectivity index (χ1v) is 8.91. The van der Waals surface area contributed by atoms with Gasteiger partial charge in [-0.25, -0.2) is 8.42 Å². The fraction of sp³-hybridized carbons (Fsp3) is 0.500. The summed E-state index contributed by atoms with van der Waals surface area (Å²) in [5.41, 5.74) is 1.23. The molecule has 1 amide bonds. The van der Waals surface area contributed by atoms with Crippen molar-refractivity contribution in [3.63, 3.8) is 0 Å². The molecule has 0 radical (unpaired) electrons. The molecule has 1 aromatic rings. The van der Waals surface area contributed by atoms with Crippen molar-refractivity contribution in [2.75, 3.05) is 17.1 Å². The van der Waals surface area contributed by atoms with E-state index in [9.17, 15) is 13.2 Å². The van der Waals surface area contributed by atoms with Crippen LogP contribution in [0, 0.1) is 6.92 Å². The molecule has 1 atom stereocenters. The molecular formula is C14H21ClN2O3S. The maximum absolute atomic E-state index is 11.9. The Morgan fingerprint density at radius 3 is 2.52 bits per heavy atom. The van der Waals surface area contributed by atoms with Crippen LogP contribution in [0.4, 0.5) is 5.69 Å². The lowest BCUT2D eigenvalue weighted by Gasteiger charge is -2.23. The summed E-state index contributed by atoms with van der Waals surface area (Å²) in [6.07, 6.45) is 1.85. The van der Waals surface area contributed by atoms with E-state index in [0.29, 0.717) is 10.7 Å². The third-order valence-corrected chi connectivity index (χ3v) is 4.70. The number of carbonyl (C=O) groups excluding carboxylic acids is 1. The van der Waals surface area contributed by atoms with Crippen molar-refractivity contribution in [3.05, 3.63) is 28.8 Å². The standard InChI is InChI=1S/C14H21ClN2O3S/c1-5-11(3)16-14(18)9-17(21(4,19)20)12-7-6-10(2)13(15)8-12/h6-8,11H,5,9H2,1-4H3,(H,16,18). The van der Waals surface area contributed by atoms with Gasteiger partial charge in [-0.1, -0.05) is 24.6 Å². The summed E-state index contributed by atoms with van der Waals surface area (Å²) >= 11 is 6.03. The number of halogens is 1. The third kappa shape index (κ3) is 5.21. The molecular weight excluding hydrogens is 312 g/mol. The van der Waals surface area contributed by atoms with E-state index in [4.69, 9.17) is 11.6 Å². The Bertz CT molecular complexity index is 617. The maximum Gasteiger partial charge on any atom is 0.240 e. The van der Waals surface area contributed by atoms with E-state index in [2.05, 4.69) is 5.32 Å². The fourth-order valence-corrected chi connectivity index (χ4v) is 2.71. The lowest BCUT2D eigenvalue weighted by atomic mass is 10.2. The van der Waals surface area contributed by atoms with Gasteiger partial charge in [0.05, 0.1) is 11.9 Å². The van der Waals surface area contributed by atoms with E-state index in [-0.39, 0.29) is 18.5 Å².